The van der Waals surface area contributed by atoms with Crippen LogP contribution in [-0.4, -0.2) is 35.4 Å². The van der Waals surface area contributed by atoms with E-state index in [0.717, 1.165) is 24.6 Å². The van der Waals surface area contributed by atoms with Crippen LogP contribution in [0.1, 0.15) is 68.2 Å². The summed E-state index contributed by atoms with van der Waals surface area (Å²) >= 11 is 0. The smallest absolute Gasteiger partial charge is 0.161 e. The predicted molar refractivity (Wildman–Crippen MR) is 106 cm³/mol. The van der Waals surface area contributed by atoms with Crippen LogP contribution in [0, 0.1) is 0 Å². The van der Waals surface area contributed by atoms with E-state index in [-0.39, 0.29) is 0 Å². The van der Waals surface area contributed by atoms with E-state index >= 15 is 0 Å². The summed E-state index contributed by atoms with van der Waals surface area (Å²) in [5, 5.41) is 4.68. The Hall–Kier alpha value is -2.01. The summed E-state index contributed by atoms with van der Waals surface area (Å²) in [6, 6.07) is 7.37. The molecule has 0 radical (unpaired) electrons. The Labute approximate surface area is 162 Å². The van der Waals surface area contributed by atoms with Gasteiger partial charge in [-0.2, -0.15) is 5.10 Å². The highest BCUT2D eigenvalue weighted by Crippen LogP contribution is 2.37. The molecule has 0 spiro atoms. The molecule has 146 valence electrons. The highest BCUT2D eigenvalue weighted by atomic mass is 16.5. The lowest BCUT2D eigenvalue weighted by atomic mass is 9.96. The van der Waals surface area contributed by atoms with Gasteiger partial charge in [0.1, 0.15) is 0 Å². The second-order valence-electron chi connectivity index (χ2n) is 7.86. The summed E-state index contributed by atoms with van der Waals surface area (Å²) in [7, 11) is 3.39. The minimum absolute atomic E-state index is 0.433. The third-order valence-electron chi connectivity index (χ3n) is 6.15. The maximum Gasteiger partial charge on any atom is 0.161 e. The van der Waals surface area contributed by atoms with Crippen LogP contribution < -0.4 is 9.47 Å². The van der Waals surface area contributed by atoms with Crippen molar-refractivity contribution < 1.29 is 9.47 Å². The molecule has 27 heavy (non-hydrogen) atoms. The molecule has 1 unspecified atom stereocenters. The second-order valence-corrected chi connectivity index (χ2v) is 7.86. The van der Waals surface area contributed by atoms with Gasteiger partial charge in [-0.1, -0.05) is 25.3 Å². The fraction of sp³-hybridized carbons (Fsp3) is 0.591. The number of benzene rings is 1. The van der Waals surface area contributed by atoms with Gasteiger partial charge in [0.15, 0.2) is 11.5 Å². The quantitative estimate of drug-likeness (QED) is 0.737. The zero-order chi connectivity index (χ0) is 18.6. The van der Waals surface area contributed by atoms with Crippen molar-refractivity contribution in [2.24, 2.45) is 0 Å². The molecule has 1 saturated heterocycles. The number of nitrogens with zero attached hydrogens (tertiary/aromatic N) is 3. The van der Waals surface area contributed by atoms with Crippen LogP contribution in [0.5, 0.6) is 11.5 Å². The lowest BCUT2D eigenvalue weighted by molar-refractivity contribution is 0.247. The normalized spacial score (nSPS) is 21.5. The molecule has 2 fully saturated rings. The Kier molecular flexibility index (Phi) is 5.67. The fourth-order valence-corrected chi connectivity index (χ4v) is 4.69. The maximum absolute atomic E-state index is 5.50. The molecule has 4 rings (SSSR count). The first-order valence-electron chi connectivity index (χ1n) is 10.3. The van der Waals surface area contributed by atoms with Crippen LogP contribution in [0.2, 0.25) is 0 Å². The lowest BCUT2D eigenvalue weighted by Gasteiger charge is -2.25. The van der Waals surface area contributed by atoms with E-state index in [1.54, 1.807) is 14.2 Å². The first kappa shape index (κ1) is 18.4. The average molecular weight is 370 g/mol. The summed E-state index contributed by atoms with van der Waals surface area (Å²) in [6.07, 6.45) is 13.4. The average Bonchev–Trinajstić information content (AvgIpc) is 3.38. The Morgan fingerprint density at radius 1 is 1.00 bits per heavy atom. The van der Waals surface area contributed by atoms with Gasteiger partial charge in [-0.05, 0) is 49.9 Å². The summed E-state index contributed by atoms with van der Waals surface area (Å²) in [4.78, 5) is 2.57. The summed E-state index contributed by atoms with van der Waals surface area (Å²) in [5.41, 5.74) is 2.64. The van der Waals surface area contributed by atoms with E-state index in [1.165, 1.54) is 56.1 Å². The molecule has 5 heteroatoms. The van der Waals surface area contributed by atoms with Gasteiger partial charge in [-0.25, -0.2) is 0 Å². The summed E-state index contributed by atoms with van der Waals surface area (Å²) < 4.78 is 13.1. The largest absolute Gasteiger partial charge is 0.493 e. The molecule has 0 bridgehead atoms. The van der Waals surface area contributed by atoms with Gasteiger partial charge in [0.2, 0.25) is 0 Å². The first-order valence-corrected chi connectivity index (χ1v) is 10.3. The molecule has 2 aromatic rings. The number of hydrogen-bond acceptors (Lipinski definition) is 4. The Morgan fingerprint density at radius 2 is 1.81 bits per heavy atom. The molecule has 0 amide bonds. The highest BCUT2D eigenvalue weighted by Gasteiger charge is 2.27. The van der Waals surface area contributed by atoms with E-state index in [4.69, 9.17) is 9.47 Å². The van der Waals surface area contributed by atoms with Crippen LogP contribution in [0.3, 0.4) is 0 Å². The monoisotopic (exact) mass is 369 g/mol. The molecular formula is C22H31N3O2. The molecule has 1 aliphatic carbocycles. The molecule has 1 aliphatic heterocycles. The van der Waals surface area contributed by atoms with Crippen LogP contribution in [0.25, 0.3) is 0 Å². The van der Waals surface area contributed by atoms with Crippen molar-refractivity contribution >= 4 is 0 Å². The van der Waals surface area contributed by atoms with E-state index in [1.807, 2.05) is 6.07 Å². The number of hydrogen-bond donors (Lipinski definition) is 0. The van der Waals surface area contributed by atoms with Crippen LogP contribution in [0.4, 0.5) is 0 Å². The van der Waals surface area contributed by atoms with Crippen molar-refractivity contribution in [1.29, 1.82) is 0 Å². The van der Waals surface area contributed by atoms with Crippen molar-refractivity contribution in [3.05, 3.63) is 41.7 Å². The Morgan fingerprint density at radius 3 is 2.59 bits per heavy atom. The van der Waals surface area contributed by atoms with Gasteiger partial charge in [-0.15, -0.1) is 0 Å². The minimum Gasteiger partial charge on any atom is -0.493 e. The zero-order valence-electron chi connectivity index (χ0n) is 16.6. The van der Waals surface area contributed by atoms with Gasteiger partial charge in [0, 0.05) is 24.3 Å². The number of ether oxygens (including phenoxy) is 2. The number of methoxy groups -OCH3 is 2. The third-order valence-corrected chi connectivity index (χ3v) is 6.15. The minimum atomic E-state index is 0.433. The molecule has 1 atom stereocenters. The van der Waals surface area contributed by atoms with E-state index in [2.05, 4.69) is 39.2 Å². The van der Waals surface area contributed by atoms with Gasteiger partial charge in [-0.3, -0.25) is 9.58 Å². The summed E-state index contributed by atoms with van der Waals surface area (Å²) in [5.74, 6) is 1.60. The second kappa shape index (κ2) is 8.34. The van der Waals surface area contributed by atoms with E-state index in [9.17, 15) is 0 Å². The summed E-state index contributed by atoms with van der Waals surface area (Å²) in [6.45, 7) is 2.10. The van der Waals surface area contributed by atoms with E-state index in [0.29, 0.717) is 12.1 Å². The lowest BCUT2D eigenvalue weighted by Crippen LogP contribution is -2.22. The van der Waals surface area contributed by atoms with Crippen molar-refractivity contribution in [3.8, 4) is 11.5 Å². The SMILES string of the molecule is COc1ccc(C2CCCN2Cc2cnn(C3CCCCC3)c2)cc1OC. The van der Waals surface area contributed by atoms with Crippen molar-refractivity contribution in [2.45, 2.75) is 63.6 Å². The maximum atomic E-state index is 5.50. The number of aromatic nitrogens is 2. The molecule has 5 nitrogen and oxygen atoms in total. The molecule has 1 aromatic carbocycles. The molecular weight excluding hydrogens is 338 g/mol. The number of likely N-dealkylation sites (tertiary alicyclic amines) is 1. The van der Waals surface area contributed by atoms with Crippen molar-refractivity contribution in [2.75, 3.05) is 20.8 Å². The molecule has 1 saturated carbocycles. The van der Waals surface area contributed by atoms with Gasteiger partial charge in [0.05, 0.1) is 26.5 Å². The van der Waals surface area contributed by atoms with Crippen LogP contribution >= 0.6 is 0 Å². The molecule has 0 N–H and O–H groups in total. The Bertz CT molecular complexity index is 752. The standard InChI is InChI=1S/C22H31N3O2/c1-26-21-11-10-18(13-22(21)27-2)20-9-6-12-24(20)15-17-14-23-25(16-17)19-7-4-3-5-8-19/h10-11,13-14,16,19-20H,3-9,12,15H2,1-2H3. The van der Waals surface area contributed by atoms with Gasteiger partial charge in [0.25, 0.3) is 0 Å². The van der Waals surface area contributed by atoms with Crippen LogP contribution in [-0.2, 0) is 6.54 Å². The Balaban J connectivity index is 1.46. The van der Waals surface area contributed by atoms with E-state index < -0.39 is 0 Å². The van der Waals surface area contributed by atoms with Crippen molar-refractivity contribution in [1.82, 2.24) is 14.7 Å². The van der Waals surface area contributed by atoms with Gasteiger partial charge < -0.3 is 9.47 Å². The molecule has 2 heterocycles. The predicted octanol–water partition coefficient (Wildman–Crippen LogP) is 4.74. The fourth-order valence-electron chi connectivity index (χ4n) is 4.69. The third kappa shape index (κ3) is 3.98. The topological polar surface area (TPSA) is 39.5 Å². The molecule has 1 aromatic heterocycles. The van der Waals surface area contributed by atoms with Gasteiger partial charge >= 0.3 is 0 Å². The van der Waals surface area contributed by atoms with Crippen molar-refractivity contribution in [3.63, 3.8) is 0 Å². The number of rotatable bonds is 6. The molecule has 2 aliphatic rings. The first-order chi connectivity index (χ1) is 13.3. The highest BCUT2D eigenvalue weighted by molar-refractivity contribution is 5.44. The van der Waals surface area contributed by atoms with Crippen LogP contribution in [0.15, 0.2) is 30.6 Å². The zero-order valence-corrected chi connectivity index (χ0v) is 16.6.